The van der Waals surface area contributed by atoms with Crippen molar-refractivity contribution >= 4 is 11.9 Å². The molecule has 1 amide bonds. The van der Waals surface area contributed by atoms with Crippen LogP contribution in [0.1, 0.15) is 66.8 Å². The highest BCUT2D eigenvalue weighted by Crippen LogP contribution is 2.32. The number of ether oxygens (including phenoxy) is 1. The number of carbonyl (C=O) groups is 2. The van der Waals surface area contributed by atoms with Crippen LogP contribution >= 0.6 is 0 Å². The number of hydrogen-bond donors (Lipinski definition) is 2. The van der Waals surface area contributed by atoms with Crippen molar-refractivity contribution in [1.82, 2.24) is 5.32 Å². The molecule has 1 aromatic carbocycles. The van der Waals surface area contributed by atoms with E-state index in [1.165, 1.54) is 37.7 Å². The van der Waals surface area contributed by atoms with Crippen molar-refractivity contribution in [1.29, 1.82) is 0 Å². The number of rotatable bonds is 4. The number of hydrogen-bond acceptors (Lipinski definition) is 3. The molecular weight excluding hydrogens is 306 g/mol. The maximum atomic E-state index is 12.5. The number of carboxylic acid groups (broad SMARTS) is 1. The lowest BCUT2D eigenvalue weighted by Gasteiger charge is -2.33. The van der Waals surface area contributed by atoms with Crippen molar-refractivity contribution in [2.45, 2.75) is 56.4 Å². The predicted octanol–water partition coefficient (Wildman–Crippen LogP) is 3.10. The van der Waals surface area contributed by atoms with Gasteiger partial charge in [-0.05, 0) is 36.5 Å². The maximum Gasteiger partial charge on any atom is 0.329 e. The van der Waals surface area contributed by atoms with E-state index in [2.05, 4.69) is 5.32 Å². The normalized spacial score (nSPS) is 21.2. The van der Waals surface area contributed by atoms with E-state index in [9.17, 15) is 14.7 Å². The number of carboxylic acids is 1. The molecule has 1 aliphatic carbocycles. The summed E-state index contributed by atoms with van der Waals surface area (Å²) in [5, 5.41) is 12.3. The highest BCUT2D eigenvalue weighted by atomic mass is 16.5. The summed E-state index contributed by atoms with van der Waals surface area (Å²) in [5.41, 5.74) is 0.587. The molecule has 5 nitrogen and oxygen atoms in total. The molecule has 1 saturated heterocycles. The first-order chi connectivity index (χ1) is 11.6. The van der Waals surface area contributed by atoms with Gasteiger partial charge in [0.1, 0.15) is 5.54 Å². The van der Waals surface area contributed by atoms with Gasteiger partial charge < -0.3 is 15.2 Å². The molecule has 5 heteroatoms. The van der Waals surface area contributed by atoms with E-state index in [0.717, 1.165) is 0 Å². The first-order valence-corrected chi connectivity index (χ1v) is 8.84. The van der Waals surface area contributed by atoms with Gasteiger partial charge in [0.25, 0.3) is 5.91 Å². The number of nitrogens with one attached hydrogen (secondary N) is 1. The molecule has 0 bridgehead atoms. The summed E-state index contributed by atoms with van der Waals surface area (Å²) in [6, 6.07) is 7.66. The van der Waals surface area contributed by atoms with Crippen molar-refractivity contribution in [2.24, 2.45) is 0 Å². The van der Waals surface area contributed by atoms with Gasteiger partial charge >= 0.3 is 5.97 Å². The fourth-order valence-corrected chi connectivity index (χ4v) is 3.74. The molecule has 2 N–H and O–H groups in total. The predicted molar refractivity (Wildman–Crippen MR) is 90.2 cm³/mol. The van der Waals surface area contributed by atoms with E-state index in [-0.39, 0.29) is 5.91 Å². The molecule has 1 heterocycles. The summed E-state index contributed by atoms with van der Waals surface area (Å²) in [4.78, 5) is 24.1. The van der Waals surface area contributed by atoms with Crippen molar-refractivity contribution in [2.75, 3.05) is 13.2 Å². The van der Waals surface area contributed by atoms with Crippen molar-refractivity contribution in [3.8, 4) is 0 Å². The zero-order valence-corrected chi connectivity index (χ0v) is 13.9. The summed E-state index contributed by atoms with van der Waals surface area (Å²) in [6.07, 6.45) is 6.90. The third-order valence-electron chi connectivity index (χ3n) is 5.36. The summed E-state index contributed by atoms with van der Waals surface area (Å²) < 4.78 is 5.23. The zero-order valence-electron chi connectivity index (χ0n) is 13.9. The topological polar surface area (TPSA) is 75.6 Å². The van der Waals surface area contributed by atoms with E-state index in [0.29, 0.717) is 37.5 Å². The van der Waals surface area contributed by atoms with Crippen LogP contribution in [0, 0.1) is 0 Å². The van der Waals surface area contributed by atoms with Gasteiger partial charge in [-0.15, -0.1) is 0 Å². The lowest BCUT2D eigenvalue weighted by molar-refractivity contribution is -0.148. The average molecular weight is 331 g/mol. The van der Waals surface area contributed by atoms with Gasteiger partial charge in [-0.3, -0.25) is 4.79 Å². The molecule has 130 valence electrons. The first-order valence-electron chi connectivity index (χ1n) is 8.84. The number of carbonyl (C=O) groups excluding carboxylic acids is 1. The van der Waals surface area contributed by atoms with E-state index in [1.807, 2.05) is 24.3 Å². The minimum absolute atomic E-state index is 0.300. The summed E-state index contributed by atoms with van der Waals surface area (Å²) in [5.74, 6) is -0.718. The molecule has 2 aliphatic rings. The Bertz CT molecular complexity index is 584. The molecule has 1 aliphatic heterocycles. The molecular formula is C19H25NO4. The van der Waals surface area contributed by atoms with Crippen molar-refractivity contribution in [3.63, 3.8) is 0 Å². The highest BCUT2D eigenvalue weighted by Gasteiger charge is 2.41. The van der Waals surface area contributed by atoms with Gasteiger partial charge in [-0.2, -0.15) is 0 Å². The lowest BCUT2D eigenvalue weighted by Crippen LogP contribution is -2.57. The molecule has 0 radical (unpaired) electrons. The fraction of sp³-hybridized carbons (Fsp3) is 0.579. The van der Waals surface area contributed by atoms with E-state index in [4.69, 9.17) is 4.74 Å². The molecule has 1 saturated carbocycles. The number of amides is 1. The van der Waals surface area contributed by atoms with Gasteiger partial charge in [-0.1, -0.05) is 31.4 Å². The Kier molecular flexibility index (Phi) is 5.19. The van der Waals surface area contributed by atoms with E-state index < -0.39 is 11.5 Å². The van der Waals surface area contributed by atoms with Crippen LogP contribution in [0.25, 0.3) is 0 Å². The smallest absolute Gasteiger partial charge is 0.329 e. The Hall–Kier alpha value is -1.88. The largest absolute Gasteiger partial charge is 0.480 e. The average Bonchev–Trinajstić information content (AvgIpc) is 2.63. The molecule has 1 aromatic rings. The Labute approximate surface area is 142 Å². The molecule has 0 spiro atoms. The Morgan fingerprint density at radius 2 is 1.67 bits per heavy atom. The molecule has 0 unspecified atom stereocenters. The maximum absolute atomic E-state index is 12.5. The van der Waals surface area contributed by atoms with E-state index in [1.54, 1.807) is 0 Å². The number of aliphatic carboxylic acids is 1. The summed E-state index contributed by atoms with van der Waals surface area (Å²) >= 11 is 0. The van der Waals surface area contributed by atoms with Gasteiger partial charge in [0.05, 0.1) is 0 Å². The molecule has 3 rings (SSSR count). The van der Waals surface area contributed by atoms with Crippen LogP contribution in [-0.4, -0.2) is 35.7 Å². The van der Waals surface area contributed by atoms with Gasteiger partial charge in [-0.25, -0.2) is 4.79 Å². The van der Waals surface area contributed by atoms with Gasteiger partial charge in [0.15, 0.2) is 0 Å². The molecule has 24 heavy (non-hydrogen) atoms. The SMILES string of the molecule is O=C(NC1(C(=O)O)CCOCC1)c1ccc(C2CCCCC2)cc1. The highest BCUT2D eigenvalue weighted by molar-refractivity contribution is 5.98. The third kappa shape index (κ3) is 3.61. The quantitative estimate of drug-likeness (QED) is 0.889. The van der Waals surface area contributed by atoms with Crippen LogP contribution in [0.2, 0.25) is 0 Å². The van der Waals surface area contributed by atoms with Crippen LogP contribution in [0.3, 0.4) is 0 Å². The fourth-order valence-electron chi connectivity index (χ4n) is 3.74. The second-order valence-electron chi connectivity index (χ2n) is 6.91. The number of benzene rings is 1. The summed E-state index contributed by atoms with van der Waals surface area (Å²) in [6.45, 7) is 0.709. The lowest BCUT2D eigenvalue weighted by atomic mass is 9.84. The van der Waals surface area contributed by atoms with Gasteiger partial charge in [0.2, 0.25) is 0 Å². The minimum Gasteiger partial charge on any atom is -0.480 e. The van der Waals surface area contributed by atoms with Crippen molar-refractivity contribution in [3.05, 3.63) is 35.4 Å². The molecule has 0 atom stereocenters. The molecule has 0 aromatic heterocycles. The second kappa shape index (κ2) is 7.34. The monoisotopic (exact) mass is 331 g/mol. The minimum atomic E-state index is -1.21. The Morgan fingerprint density at radius 1 is 1.04 bits per heavy atom. The molecule has 2 fully saturated rings. The van der Waals surface area contributed by atoms with Crippen LogP contribution in [0.5, 0.6) is 0 Å². The van der Waals surface area contributed by atoms with E-state index >= 15 is 0 Å². The first kappa shape index (κ1) is 17.0. The Balaban J connectivity index is 1.69. The van der Waals surface area contributed by atoms with Crippen LogP contribution in [0.15, 0.2) is 24.3 Å². The van der Waals surface area contributed by atoms with Gasteiger partial charge in [0, 0.05) is 31.6 Å². The second-order valence-corrected chi connectivity index (χ2v) is 6.91. The standard InChI is InChI=1S/C19H25NO4/c21-17(20-19(18(22)23)10-12-24-13-11-19)16-8-6-15(7-9-16)14-4-2-1-3-5-14/h6-9,14H,1-5,10-13H2,(H,20,21)(H,22,23). The zero-order chi connectivity index (χ0) is 17.0. The van der Waals surface area contributed by atoms with Crippen molar-refractivity contribution < 1.29 is 19.4 Å². The third-order valence-corrected chi connectivity index (χ3v) is 5.36. The Morgan fingerprint density at radius 3 is 2.25 bits per heavy atom. The van der Waals surface area contributed by atoms with Crippen LogP contribution < -0.4 is 5.32 Å². The van der Waals surface area contributed by atoms with Crippen LogP contribution in [-0.2, 0) is 9.53 Å². The summed E-state index contributed by atoms with van der Waals surface area (Å²) in [7, 11) is 0. The van der Waals surface area contributed by atoms with Crippen LogP contribution in [0.4, 0.5) is 0 Å².